The number of unbranched alkanes of at least 4 members (excludes halogenated alkanes) is 1. The molecule has 0 spiro atoms. The molecule has 1 aliphatic heterocycles. The van der Waals surface area contributed by atoms with Crippen LogP contribution in [0.25, 0.3) is 22.2 Å². The lowest BCUT2D eigenvalue weighted by Gasteiger charge is -2.22. The van der Waals surface area contributed by atoms with Gasteiger partial charge < -0.3 is 14.6 Å². The molecule has 6 heteroatoms. The summed E-state index contributed by atoms with van der Waals surface area (Å²) in [5.74, 6) is 0.278. The smallest absolute Gasteiger partial charge is 0.318 e. The molecule has 4 rings (SSSR count). The fraction of sp³-hybridized carbons (Fsp3) is 0.364. The molecule has 0 unspecified atom stereocenters. The highest BCUT2D eigenvalue weighted by atomic mass is 19.1. The van der Waals surface area contributed by atoms with Gasteiger partial charge in [0.15, 0.2) is 5.58 Å². The summed E-state index contributed by atoms with van der Waals surface area (Å²) in [6.07, 6.45) is 3.75. The molecule has 0 bridgehead atoms. The molecule has 1 saturated heterocycles. The van der Waals surface area contributed by atoms with E-state index in [0.29, 0.717) is 35.6 Å². The molecule has 1 aliphatic rings. The van der Waals surface area contributed by atoms with Gasteiger partial charge in [0, 0.05) is 18.7 Å². The minimum absolute atomic E-state index is 0.0646. The number of nitrogens with one attached hydrogen (secondary N) is 1. The number of aromatic nitrogens is 1. The first-order valence-electron chi connectivity index (χ1n) is 9.87. The lowest BCUT2D eigenvalue weighted by atomic mass is 10.0. The van der Waals surface area contributed by atoms with Gasteiger partial charge in [0.25, 0.3) is 0 Å². The van der Waals surface area contributed by atoms with E-state index >= 15 is 0 Å². The van der Waals surface area contributed by atoms with Gasteiger partial charge in [-0.25, -0.2) is 14.2 Å². The third-order valence-electron chi connectivity index (χ3n) is 5.19. The molecule has 0 aliphatic carbocycles. The van der Waals surface area contributed by atoms with Crippen molar-refractivity contribution in [2.45, 2.75) is 38.6 Å². The number of fused-ring (bicyclic) bond motifs is 1. The Morgan fingerprint density at radius 1 is 1.32 bits per heavy atom. The van der Waals surface area contributed by atoms with Crippen molar-refractivity contribution < 1.29 is 13.6 Å². The van der Waals surface area contributed by atoms with Crippen molar-refractivity contribution in [3.05, 3.63) is 54.2 Å². The molecular weight excluding hydrogens is 357 g/mol. The van der Waals surface area contributed by atoms with Crippen molar-refractivity contribution in [3.63, 3.8) is 0 Å². The van der Waals surface area contributed by atoms with E-state index in [1.807, 2.05) is 24.3 Å². The van der Waals surface area contributed by atoms with Crippen LogP contribution >= 0.6 is 0 Å². The molecule has 1 atom stereocenters. The molecule has 1 aromatic heterocycles. The summed E-state index contributed by atoms with van der Waals surface area (Å²) >= 11 is 0. The van der Waals surface area contributed by atoms with Crippen molar-refractivity contribution in [2.75, 3.05) is 13.1 Å². The number of benzene rings is 2. The quantitative estimate of drug-likeness (QED) is 0.612. The molecular formula is C22H24FN3O2. The number of hydrogen-bond donors (Lipinski definition) is 1. The average molecular weight is 381 g/mol. The Kier molecular flexibility index (Phi) is 5.28. The Labute approximate surface area is 163 Å². The van der Waals surface area contributed by atoms with E-state index in [1.54, 1.807) is 17.0 Å². The number of halogens is 1. The highest BCUT2D eigenvalue weighted by molar-refractivity contribution is 5.81. The number of carbonyl (C=O) groups excluding carboxylic acids is 1. The first-order valence-corrected chi connectivity index (χ1v) is 9.87. The van der Waals surface area contributed by atoms with Crippen LogP contribution in [0.2, 0.25) is 0 Å². The summed E-state index contributed by atoms with van der Waals surface area (Å²) in [5, 5.41) is 2.97. The largest absolute Gasteiger partial charge is 0.438 e. The number of urea groups is 1. The minimum Gasteiger partial charge on any atom is -0.438 e. The van der Waals surface area contributed by atoms with Crippen LogP contribution in [0.5, 0.6) is 0 Å². The molecule has 146 valence electrons. The number of oxazole rings is 1. The van der Waals surface area contributed by atoms with Crippen molar-refractivity contribution in [2.24, 2.45) is 0 Å². The van der Waals surface area contributed by atoms with E-state index < -0.39 is 0 Å². The van der Waals surface area contributed by atoms with Crippen LogP contribution in [0.1, 0.15) is 44.5 Å². The molecule has 3 aromatic rings. The van der Waals surface area contributed by atoms with Gasteiger partial charge in [-0.2, -0.15) is 0 Å². The van der Waals surface area contributed by atoms with Gasteiger partial charge in [0.2, 0.25) is 5.89 Å². The zero-order valence-corrected chi connectivity index (χ0v) is 16.0. The zero-order valence-electron chi connectivity index (χ0n) is 16.0. The summed E-state index contributed by atoms with van der Waals surface area (Å²) in [6, 6.07) is 11.9. The van der Waals surface area contributed by atoms with Crippen LogP contribution in [-0.4, -0.2) is 29.0 Å². The lowest BCUT2D eigenvalue weighted by molar-refractivity contribution is 0.185. The number of rotatable bonds is 5. The lowest BCUT2D eigenvalue weighted by Crippen LogP contribution is -2.39. The maximum atomic E-state index is 14.1. The average Bonchev–Trinajstić information content (AvgIpc) is 3.34. The maximum absolute atomic E-state index is 14.1. The monoisotopic (exact) mass is 381 g/mol. The second kappa shape index (κ2) is 8.00. The Hall–Kier alpha value is -2.89. The van der Waals surface area contributed by atoms with Crippen molar-refractivity contribution in [3.8, 4) is 11.1 Å². The minimum atomic E-state index is -0.267. The Balaban J connectivity index is 1.59. The van der Waals surface area contributed by atoms with Gasteiger partial charge in [-0.15, -0.1) is 0 Å². The molecule has 28 heavy (non-hydrogen) atoms. The molecule has 5 nitrogen and oxygen atoms in total. The van der Waals surface area contributed by atoms with Gasteiger partial charge in [-0.1, -0.05) is 37.6 Å². The van der Waals surface area contributed by atoms with E-state index in [0.717, 1.165) is 31.2 Å². The van der Waals surface area contributed by atoms with Gasteiger partial charge >= 0.3 is 6.03 Å². The number of nitrogens with zero attached hydrogens (tertiary/aromatic N) is 2. The third kappa shape index (κ3) is 3.59. The number of amides is 2. The SMILES string of the molecule is CCCCNC(=O)N1CCC[C@@H]1c1nc2cc(-c3ccccc3F)ccc2o1. The van der Waals surface area contributed by atoms with Crippen molar-refractivity contribution in [1.29, 1.82) is 0 Å². The Bertz CT molecular complexity index is 985. The van der Waals surface area contributed by atoms with Crippen LogP contribution in [0, 0.1) is 5.82 Å². The summed E-state index contributed by atoms with van der Waals surface area (Å²) in [7, 11) is 0. The molecule has 2 heterocycles. The van der Waals surface area contributed by atoms with Crippen LogP contribution < -0.4 is 5.32 Å². The summed E-state index contributed by atoms with van der Waals surface area (Å²) in [4.78, 5) is 18.9. The highest BCUT2D eigenvalue weighted by Crippen LogP contribution is 2.34. The number of carbonyl (C=O) groups is 1. The fourth-order valence-electron chi connectivity index (χ4n) is 3.69. The molecule has 2 amide bonds. The van der Waals surface area contributed by atoms with Crippen molar-refractivity contribution in [1.82, 2.24) is 15.2 Å². The predicted molar refractivity (Wildman–Crippen MR) is 106 cm³/mol. The fourth-order valence-corrected chi connectivity index (χ4v) is 3.69. The highest BCUT2D eigenvalue weighted by Gasteiger charge is 2.33. The van der Waals surface area contributed by atoms with Crippen molar-refractivity contribution >= 4 is 17.1 Å². The molecule has 1 fully saturated rings. The standard InChI is InChI=1S/C22H24FN3O2/c1-2-3-12-24-22(27)26-13-6-9-19(26)21-25-18-14-15(10-11-20(18)28-21)16-7-4-5-8-17(16)23/h4-5,7-8,10-11,14,19H,2-3,6,9,12-13H2,1H3,(H,24,27)/t19-/m1/s1. The predicted octanol–water partition coefficient (Wildman–Crippen LogP) is 5.28. The van der Waals surface area contributed by atoms with E-state index in [-0.39, 0.29) is 17.9 Å². The van der Waals surface area contributed by atoms with Crippen LogP contribution in [0.15, 0.2) is 46.9 Å². The summed E-state index contributed by atoms with van der Waals surface area (Å²) in [5.41, 5.74) is 2.61. The van der Waals surface area contributed by atoms with Gasteiger partial charge in [0.1, 0.15) is 17.4 Å². The second-order valence-corrected chi connectivity index (χ2v) is 7.15. The van der Waals surface area contributed by atoms with Gasteiger partial charge in [-0.05, 0) is 43.0 Å². The first kappa shape index (κ1) is 18.5. The van der Waals surface area contributed by atoms with Gasteiger partial charge in [0.05, 0.1) is 0 Å². The normalized spacial score (nSPS) is 16.6. The second-order valence-electron chi connectivity index (χ2n) is 7.15. The van der Waals surface area contributed by atoms with Crippen LogP contribution in [0.4, 0.5) is 9.18 Å². The molecule has 2 aromatic carbocycles. The topological polar surface area (TPSA) is 58.4 Å². The summed E-state index contributed by atoms with van der Waals surface area (Å²) in [6.45, 7) is 3.47. The van der Waals surface area contributed by atoms with E-state index in [2.05, 4.69) is 17.2 Å². The van der Waals surface area contributed by atoms with Crippen LogP contribution in [0.3, 0.4) is 0 Å². The summed E-state index contributed by atoms with van der Waals surface area (Å²) < 4.78 is 20.1. The van der Waals surface area contributed by atoms with E-state index in [9.17, 15) is 9.18 Å². The number of likely N-dealkylation sites (tertiary alicyclic amines) is 1. The number of hydrogen-bond acceptors (Lipinski definition) is 3. The molecule has 0 radical (unpaired) electrons. The zero-order chi connectivity index (χ0) is 19.5. The molecule has 0 saturated carbocycles. The van der Waals surface area contributed by atoms with Gasteiger partial charge in [-0.3, -0.25) is 0 Å². The Morgan fingerprint density at radius 2 is 2.18 bits per heavy atom. The Morgan fingerprint density at radius 3 is 3.00 bits per heavy atom. The van der Waals surface area contributed by atoms with Crippen LogP contribution in [-0.2, 0) is 0 Å². The molecule has 1 N–H and O–H groups in total. The maximum Gasteiger partial charge on any atom is 0.318 e. The van der Waals surface area contributed by atoms with E-state index in [4.69, 9.17) is 4.42 Å². The first-order chi connectivity index (χ1) is 13.7. The third-order valence-corrected chi connectivity index (χ3v) is 5.19. The van der Waals surface area contributed by atoms with E-state index in [1.165, 1.54) is 6.07 Å².